The van der Waals surface area contributed by atoms with Crippen LogP contribution in [0.3, 0.4) is 0 Å². The molecule has 25 heavy (non-hydrogen) atoms. The van der Waals surface area contributed by atoms with Crippen LogP contribution in [0.2, 0.25) is 0 Å². The number of halogens is 1. The molecule has 0 bridgehead atoms. The maximum atomic E-state index is 13.1. The van der Waals surface area contributed by atoms with E-state index in [9.17, 15) is 17.6 Å². The summed E-state index contributed by atoms with van der Waals surface area (Å²) in [5.74, 6) is -0.755. The van der Waals surface area contributed by atoms with Crippen LogP contribution in [0, 0.1) is 12.7 Å². The number of carbonyl (C=O) groups excluding carboxylic acids is 1. The molecule has 2 fully saturated rings. The van der Waals surface area contributed by atoms with Crippen LogP contribution in [-0.2, 0) is 19.6 Å². The number of likely N-dealkylation sites (tertiary alicyclic amines) is 1. The lowest BCUT2D eigenvalue weighted by Gasteiger charge is -2.46. The van der Waals surface area contributed by atoms with Gasteiger partial charge in [-0.25, -0.2) is 17.5 Å². The van der Waals surface area contributed by atoms with Crippen molar-refractivity contribution in [2.45, 2.75) is 17.9 Å². The van der Waals surface area contributed by atoms with E-state index in [1.807, 2.05) is 0 Å². The number of carbonyl (C=O) groups is 1. The van der Waals surface area contributed by atoms with Crippen LogP contribution in [0.4, 0.5) is 4.39 Å². The highest BCUT2D eigenvalue weighted by atomic mass is 32.2. The number of hydrogen-bond acceptors (Lipinski definition) is 5. The molecule has 2 saturated heterocycles. The Morgan fingerprint density at radius 1 is 1.32 bits per heavy atom. The second-order valence-corrected chi connectivity index (χ2v) is 8.07. The number of benzene rings is 1. The fourth-order valence-electron chi connectivity index (χ4n) is 3.09. The van der Waals surface area contributed by atoms with Gasteiger partial charge >= 0.3 is 0 Å². The largest absolute Gasteiger partial charge is 0.379 e. The zero-order valence-electron chi connectivity index (χ0n) is 14.1. The summed E-state index contributed by atoms with van der Waals surface area (Å²) in [4.78, 5) is 16.1. The molecule has 0 saturated carbocycles. The average molecular weight is 371 g/mol. The monoisotopic (exact) mass is 371 g/mol. The Morgan fingerprint density at radius 2 is 2.00 bits per heavy atom. The molecule has 1 aromatic carbocycles. The van der Waals surface area contributed by atoms with Gasteiger partial charge in [-0.1, -0.05) is 0 Å². The Kier molecular flexibility index (Phi) is 5.38. The SMILES string of the molecule is Cc1cc(F)ccc1S(=O)(=O)NCC(=O)N1CC(N2CCOCC2)C1. The molecule has 9 heteroatoms. The van der Waals surface area contributed by atoms with Crippen molar-refractivity contribution in [3.63, 3.8) is 0 Å². The predicted octanol–water partition coefficient (Wildman–Crippen LogP) is -0.0446. The number of ether oxygens (including phenoxy) is 1. The van der Waals surface area contributed by atoms with Gasteiger partial charge in [0.1, 0.15) is 5.82 Å². The molecule has 0 atom stereocenters. The molecular formula is C16H22FN3O4S. The van der Waals surface area contributed by atoms with Crippen LogP contribution in [0.25, 0.3) is 0 Å². The van der Waals surface area contributed by atoms with Crippen LogP contribution in [0.1, 0.15) is 5.56 Å². The van der Waals surface area contributed by atoms with Crippen LogP contribution >= 0.6 is 0 Å². The van der Waals surface area contributed by atoms with E-state index in [2.05, 4.69) is 9.62 Å². The van der Waals surface area contributed by atoms with E-state index < -0.39 is 15.8 Å². The van der Waals surface area contributed by atoms with Crippen molar-refractivity contribution < 1.29 is 22.3 Å². The predicted molar refractivity (Wildman–Crippen MR) is 89.1 cm³/mol. The van der Waals surface area contributed by atoms with Crippen molar-refractivity contribution in [3.05, 3.63) is 29.6 Å². The maximum absolute atomic E-state index is 13.1. The normalized spacial score (nSPS) is 19.7. The third-order valence-corrected chi connectivity index (χ3v) is 6.18. The zero-order chi connectivity index (χ0) is 18.0. The Morgan fingerprint density at radius 3 is 2.64 bits per heavy atom. The number of aryl methyl sites for hydroxylation is 1. The molecule has 1 aromatic rings. The molecule has 7 nitrogen and oxygen atoms in total. The van der Waals surface area contributed by atoms with Gasteiger partial charge in [0.25, 0.3) is 0 Å². The quantitative estimate of drug-likeness (QED) is 0.786. The average Bonchev–Trinajstić information content (AvgIpc) is 2.52. The lowest BCUT2D eigenvalue weighted by Crippen LogP contribution is -2.63. The Bertz CT molecular complexity index is 744. The molecule has 2 aliphatic rings. The van der Waals surface area contributed by atoms with Crippen LogP contribution in [0.15, 0.2) is 23.1 Å². The molecule has 0 radical (unpaired) electrons. The summed E-state index contributed by atoms with van der Waals surface area (Å²) in [6.45, 7) is 5.58. The van der Waals surface area contributed by atoms with E-state index in [4.69, 9.17) is 4.74 Å². The van der Waals surface area contributed by atoms with Crippen molar-refractivity contribution in [1.29, 1.82) is 0 Å². The number of morpholine rings is 1. The molecular weight excluding hydrogens is 349 g/mol. The van der Waals surface area contributed by atoms with Gasteiger partial charge in [0.15, 0.2) is 0 Å². The summed E-state index contributed by atoms with van der Waals surface area (Å²) in [6, 6.07) is 3.77. The Labute approximate surface area is 146 Å². The molecule has 0 aliphatic carbocycles. The summed E-state index contributed by atoms with van der Waals surface area (Å²) >= 11 is 0. The fourth-order valence-corrected chi connectivity index (χ4v) is 4.29. The van der Waals surface area contributed by atoms with Gasteiger partial charge < -0.3 is 9.64 Å². The number of rotatable bonds is 5. The molecule has 2 aliphatic heterocycles. The van der Waals surface area contributed by atoms with Gasteiger partial charge in [-0.05, 0) is 30.7 Å². The van der Waals surface area contributed by atoms with Crippen molar-refractivity contribution in [1.82, 2.24) is 14.5 Å². The van der Waals surface area contributed by atoms with Crippen LogP contribution < -0.4 is 4.72 Å². The van der Waals surface area contributed by atoms with Crippen molar-refractivity contribution >= 4 is 15.9 Å². The number of amides is 1. The van der Waals surface area contributed by atoms with Gasteiger partial charge in [-0.3, -0.25) is 9.69 Å². The van der Waals surface area contributed by atoms with Gasteiger partial charge in [0, 0.05) is 32.2 Å². The Hall–Kier alpha value is -1.55. The van der Waals surface area contributed by atoms with E-state index in [1.165, 1.54) is 13.0 Å². The number of nitrogens with one attached hydrogen (secondary N) is 1. The lowest BCUT2D eigenvalue weighted by atomic mass is 10.1. The molecule has 2 heterocycles. The lowest BCUT2D eigenvalue weighted by molar-refractivity contribution is -0.138. The van der Waals surface area contributed by atoms with Crippen molar-refractivity contribution in [2.75, 3.05) is 45.9 Å². The van der Waals surface area contributed by atoms with Crippen molar-refractivity contribution in [3.8, 4) is 0 Å². The fraction of sp³-hybridized carbons (Fsp3) is 0.562. The molecule has 3 rings (SSSR count). The second-order valence-electron chi connectivity index (χ2n) is 6.34. The first-order valence-electron chi connectivity index (χ1n) is 8.22. The first-order chi connectivity index (χ1) is 11.9. The van der Waals surface area contributed by atoms with Gasteiger partial charge in [-0.2, -0.15) is 0 Å². The van der Waals surface area contributed by atoms with E-state index in [1.54, 1.807) is 4.90 Å². The molecule has 0 unspecified atom stereocenters. The third kappa shape index (κ3) is 4.17. The molecule has 0 spiro atoms. The summed E-state index contributed by atoms with van der Waals surface area (Å²) < 4.78 is 45.3. The topological polar surface area (TPSA) is 79.0 Å². The summed E-state index contributed by atoms with van der Waals surface area (Å²) in [6.07, 6.45) is 0. The van der Waals surface area contributed by atoms with E-state index in [-0.39, 0.29) is 17.3 Å². The standard InChI is InChI=1S/C16H22FN3O4S/c1-12-8-13(17)2-3-15(12)25(22,23)18-9-16(21)20-10-14(11-20)19-4-6-24-7-5-19/h2-3,8,14,18H,4-7,9-11H2,1H3. The minimum atomic E-state index is -3.85. The highest BCUT2D eigenvalue weighted by molar-refractivity contribution is 7.89. The minimum absolute atomic E-state index is 0.0171. The summed E-state index contributed by atoms with van der Waals surface area (Å²) in [5, 5.41) is 0. The molecule has 1 N–H and O–H groups in total. The second kappa shape index (κ2) is 7.36. The smallest absolute Gasteiger partial charge is 0.241 e. The van der Waals surface area contributed by atoms with E-state index >= 15 is 0 Å². The molecule has 0 aromatic heterocycles. The number of hydrogen-bond donors (Lipinski definition) is 1. The summed E-state index contributed by atoms with van der Waals surface area (Å²) in [5.41, 5.74) is 0.302. The summed E-state index contributed by atoms with van der Waals surface area (Å²) in [7, 11) is -3.85. The maximum Gasteiger partial charge on any atom is 0.241 e. The first kappa shape index (κ1) is 18.2. The van der Waals surface area contributed by atoms with Gasteiger partial charge in [0.2, 0.25) is 15.9 Å². The van der Waals surface area contributed by atoms with Crippen LogP contribution in [-0.4, -0.2) is 76.1 Å². The highest BCUT2D eigenvalue weighted by Gasteiger charge is 2.35. The minimum Gasteiger partial charge on any atom is -0.379 e. The van der Waals surface area contributed by atoms with Crippen molar-refractivity contribution in [2.24, 2.45) is 0 Å². The molecule has 138 valence electrons. The number of nitrogens with zero attached hydrogens (tertiary/aromatic N) is 2. The van der Waals surface area contributed by atoms with Gasteiger partial charge in [-0.15, -0.1) is 0 Å². The third-order valence-electron chi connectivity index (χ3n) is 4.62. The number of sulfonamides is 1. The van der Waals surface area contributed by atoms with Gasteiger partial charge in [0.05, 0.1) is 24.7 Å². The molecule has 1 amide bonds. The Balaban J connectivity index is 1.50. The zero-order valence-corrected chi connectivity index (χ0v) is 14.9. The van der Waals surface area contributed by atoms with E-state index in [0.717, 1.165) is 25.2 Å². The highest BCUT2D eigenvalue weighted by Crippen LogP contribution is 2.18. The van der Waals surface area contributed by atoms with E-state index in [0.29, 0.717) is 37.9 Å². The van der Waals surface area contributed by atoms with Crippen LogP contribution in [0.5, 0.6) is 0 Å². The first-order valence-corrected chi connectivity index (χ1v) is 9.70.